The van der Waals surface area contributed by atoms with E-state index in [1.54, 1.807) is 10.7 Å². The maximum absolute atomic E-state index is 14.0. The van der Waals surface area contributed by atoms with E-state index in [9.17, 15) is 13.6 Å². The van der Waals surface area contributed by atoms with E-state index in [2.05, 4.69) is 15.0 Å². The average Bonchev–Trinajstić information content (AvgIpc) is 3.09. The summed E-state index contributed by atoms with van der Waals surface area (Å²) in [6, 6.07) is 5.58. The number of aromatic nitrogens is 3. The Bertz CT molecular complexity index is 1070. The predicted octanol–water partition coefficient (Wildman–Crippen LogP) is 1.89. The van der Waals surface area contributed by atoms with Crippen LogP contribution in [0, 0.1) is 11.6 Å². The first-order valence-corrected chi connectivity index (χ1v) is 9.55. The number of rotatable bonds is 4. The first-order valence-electron chi connectivity index (χ1n) is 9.55. The van der Waals surface area contributed by atoms with Crippen LogP contribution >= 0.6 is 0 Å². The summed E-state index contributed by atoms with van der Waals surface area (Å²) in [6.07, 6.45) is 2.43. The Hall–Kier alpha value is -3.27. The monoisotopic (exact) mass is 419 g/mol. The maximum atomic E-state index is 14.0. The molecule has 0 aliphatic carbocycles. The number of halogens is 2. The summed E-state index contributed by atoms with van der Waals surface area (Å²) in [5.74, 6) is -1.09. The zero-order valence-corrected chi connectivity index (χ0v) is 16.5. The largest absolute Gasteiger partial charge is 0.483 e. The van der Waals surface area contributed by atoms with Gasteiger partial charge in [0.25, 0.3) is 12.0 Å². The SMILES string of the molecule is CCc1cn2nc(CN3CCN(c4ccc(F)cc4F)CC3)cc2[nH]c1=O.O=CO. The van der Waals surface area contributed by atoms with Crippen molar-refractivity contribution in [3.8, 4) is 0 Å². The molecule has 0 spiro atoms. The van der Waals surface area contributed by atoms with Gasteiger partial charge in [0.15, 0.2) is 0 Å². The maximum Gasteiger partial charge on any atom is 0.290 e. The molecule has 3 heterocycles. The highest BCUT2D eigenvalue weighted by Gasteiger charge is 2.20. The summed E-state index contributed by atoms with van der Waals surface area (Å²) in [7, 11) is 0. The molecule has 8 nitrogen and oxygen atoms in total. The molecule has 3 aromatic rings. The molecule has 1 aromatic carbocycles. The fourth-order valence-electron chi connectivity index (χ4n) is 3.48. The lowest BCUT2D eigenvalue weighted by Crippen LogP contribution is -2.46. The molecular weight excluding hydrogens is 396 g/mol. The van der Waals surface area contributed by atoms with Crippen LogP contribution in [0.2, 0.25) is 0 Å². The van der Waals surface area contributed by atoms with Gasteiger partial charge in [0.05, 0.1) is 11.4 Å². The third-order valence-electron chi connectivity index (χ3n) is 4.99. The van der Waals surface area contributed by atoms with Crippen LogP contribution in [-0.2, 0) is 17.8 Å². The van der Waals surface area contributed by atoms with Gasteiger partial charge < -0.3 is 15.0 Å². The molecule has 2 aromatic heterocycles. The molecule has 0 amide bonds. The molecule has 0 bridgehead atoms. The number of nitrogens with zero attached hydrogens (tertiary/aromatic N) is 4. The van der Waals surface area contributed by atoms with Crippen LogP contribution in [-0.4, -0.2) is 57.3 Å². The van der Waals surface area contributed by atoms with Gasteiger partial charge in [-0.2, -0.15) is 5.10 Å². The van der Waals surface area contributed by atoms with Crippen molar-refractivity contribution in [2.24, 2.45) is 0 Å². The van der Waals surface area contributed by atoms with Crippen molar-refractivity contribution in [3.05, 3.63) is 63.7 Å². The molecule has 160 valence electrons. The molecule has 1 fully saturated rings. The summed E-state index contributed by atoms with van der Waals surface area (Å²) in [4.78, 5) is 27.3. The summed E-state index contributed by atoms with van der Waals surface area (Å²) < 4.78 is 28.7. The number of benzene rings is 1. The normalized spacial score (nSPS) is 14.4. The van der Waals surface area contributed by atoms with Crippen molar-refractivity contribution in [1.82, 2.24) is 19.5 Å². The fourth-order valence-corrected chi connectivity index (χ4v) is 3.48. The fraction of sp³-hybridized carbons (Fsp3) is 0.350. The van der Waals surface area contributed by atoms with Crippen molar-refractivity contribution < 1.29 is 18.7 Å². The van der Waals surface area contributed by atoms with Crippen LogP contribution in [0.4, 0.5) is 14.5 Å². The van der Waals surface area contributed by atoms with Crippen molar-refractivity contribution in [2.45, 2.75) is 19.9 Å². The van der Waals surface area contributed by atoms with E-state index in [1.807, 2.05) is 17.9 Å². The van der Waals surface area contributed by atoms with Gasteiger partial charge in [-0.1, -0.05) is 6.92 Å². The van der Waals surface area contributed by atoms with E-state index in [-0.39, 0.29) is 12.0 Å². The lowest BCUT2D eigenvalue weighted by Gasteiger charge is -2.35. The average molecular weight is 419 g/mol. The van der Waals surface area contributed by atoms with E-state index < -0.39 is 11.6 Å². The number of hydrogen-bond donors (Lipinski definition) is 2. The van der Waals surface area contributed by atoms with Crippen molar-refractivity contribution in [3.63, 3.8) is 0 Å². The highest BCUT2D eigenvalue weighted by atomic mass is 19.1. The van der Waals surface area contributed by atoms with E-state index in [0.717, 1.165) is 24.8 Å². The zero-order valence-electron chi connectivity index (χ0n) is 16.5. The van der Waals surface area contributed by atoms with Crippen LogP contribution in [0.5, 0.6) is 0 Å². The van der Waals surface area contributed by atoms with E-state index >= 15 is 0 Å². The highest BCUT2D eigenvalue weighted by molar-refractivity contribution is 5.48. The molecule has 0 atom stereocenters. The molecule has 0 saturated carbocycles. The van der Waals surface area contributed by atoms with Crippen molar-refractivity contribution >= 4 is 17.8 Å². The van der Waals surface area contributed by atoms with E-state index in [0.29, 0.717) is 43.0 Å². The second-order valence-electron chi connectivity index (χ2n) is 6.89. The topological polar surface area (TPSA) is 93.9 Å². The quantitative estimate of drug-likeness (QED) is 0.628. The van der Waals surface area contributed by atoms with E-state index in [4.69, 9.17) is 9.90 Å². The first-order chi connectivity index (χ1) is 14.4. The van der Waals surface area contributed by atoms with Crippen LogP contribution in [0.1, 0.15) is 18.2 Å². The summed E-state index contributed by atoms with van der Waals surface area (Å²) >= 11 is 0. The minimum atomic E-state index is -0.564. The third-order valence-corrected chi connectivity index (χ3v) is 4.99. The molecule has 2 N–H and O–H groups in total. The van der Waals surface area contributed by atoms with Crippen LogP contribution in [0.3, 0.4) is 0 Å². The molecule has 1 aliphatic rings. The van der Waals surface area contributed by atoms with Gasteiger partial charge in [-0.3, -0.25) is 14.5 Å². The second-order valence-corrected chi connectivity index (χ2v) is 6.89. The van der Waals surface area contributed by atoms with Crippen LogP contribution in [0.15, 0.2) is 35.3 Å². The minimum Gasteiger partial charge on any atom is -0.483 e. The number of aromatic amines is 1. The van der Waals surface area contributed by atoms with Gasteiger partial charge >= 0.3 is 0 Å². The zero-order chi connectivity index (χ0) is 21.7. The Morgan fingerprint density at radius 2 is 1.90 bits per heavy atom. The molecule has 0 unspecified atom stereocenters. The summed E-state index contributed by atoms with van der Waals surface area (Å²) in [6.45, 7) is 5.16. The summed E-state index contributed by atoms with van der Waals surface area (Å²) in [5.41, 5.74) is 2.62. The lowest BCUT2D eigenvalue weighted by atomic mass is 10.2. The number of anilines is 1. The second kappa shape index (κ2) is 9.49. The van der Waals surface area contributed by atoms with Gasteiger partial charge in [0, 0.05) is 56.6 Å². The van der Waals surface area contributed by atoms with Gasteiger partial charge in [-0.25, -0.2) is 13.3 Å². The van der Waals surface area contributed by atoms with Crippen LogP contribution in [0.25, 0.3) is 5.65 Å². The van der Waals surface area contributed by atoms with Gasteiger partial charge in [-0.15, -0.1) is 0 Å². The number of hydrogen-bond acceptors (Lipinski definition) is 5. The molecule has 4 rings (SSSR count). The Labute approximate surface area is 171 Å². The number of H-pyrrole nitrogens is 1. The van der Waals surface area contributed by atoms with Crippen molar-refractivity contribution in [1.29, 1.82) is 0 Å². The van der Waals surface area contributed by atoms with Crippen LogP contribution < -0.4 is 10.5 Å². The third kappa shape index (κ3) is 4.82. The number of piperazine rings is 1. The number of carbonyl (C=O) groups is 1. The number of fused-ring (bicyclic) bond motifs is 1. The predicted molar refractivity (Wildman–Crippen MR) is 108 cm³/mol. The Balaban J connectivity index is 0.000000806. The Kier molecular flexibility index (Phi) is 6.78. The van der Waals surface area contributed by atoms with Gasteiger partial charge in [-0.05, 0) is 18.6 Å². The number of carboxylic acid groups (broad SMARTS) is 1. The molecule has 0 radical (unpaired) electrons. The number of aryl methyl sites for hydroxylation is 1. The molecular formula is C20H23F2N5O3. The highest BCUT2D eigenvalue weighted by Crippen LogP contribution is 2.22. The van der Waals surface area contributed by atoms with Crippen molar-refractivity contribution in [2.75, 3.05) is 31.1 Å². The lowest BCUT2D eigenvalue weighted by molar-refractivity contribution is -0.122. The molecule has 1 aliphatic heterocycles. The van der Waals surface area contributed by atoms with E-state index in [1.165, 1.54) is 12.1 Å². The number of nitrogens with one attached hydrogen (secondary N) is 1. The summed E-state index contributed by atoms with van der Waals surface area (Å²) in [5, 5.41) is 11.4. The first kappa shape index (κ1) is 21.4. The van der Waals surface area contributed by atoms with Gasteiger partial charge in [0.2, 0.25) is 0 Å². The molecule has 1 saturated heterocycles. The molecule has 10 heteroatoms. The minimum absolute atomic E-state index is 0.0774. The Morgan fingerprint density at radius 1 is 1.20 bits per heavy atom. The standard InChI is InChI=1S/C19H21F2N5O.CH2O2/c1-2-13-11-26-18(22-19(13)27)10-15(23-26)12-24-5-7-25(8-6-24)17-4-3-14(20)9-16(17)21;2-1-3/h3-4,9-11H,2,5-8,12H2,1H3,(H,22,27);1H,(H,2,3). The molecule has 30 heavy (non-hydrogen) atoms. The Morgan fingerprint density at radius 3 is 2.53 bits per heavy atom. The van der Waals surface area contributed by atoms with Gasteiger partial charge in [0.1, 0.15) is 17.3 Å². The smallest absolute Gasteiger partial charge is 0.290 e.